The number of rotatable bonds is 0. The van der Waals surface area contributed by atoms with E-state index in [1.54, 1.807) is 11.3 Å². The van der Waals surface area contributed by atoms with E-state index in [4.69, 9.17) is 5.73 Å². The minimum Gasteiger partial charge on any atom is -0.398 e. The van der Waals surface area contributed by atoms with Crippen molar-refractivity contribution in [2.45, 2.75) is 12.8 Å². The van der Waals surface area contributed by atoms with E-state index in [2.05, 4.69) is 29.6 Å². The standard InChI is InChI=1S/C12H11NS/c13-10-7-14-11-6-5-8-3-1-2-4-9(8)12(10)11/h1-4,7H,5-6,13H2. The van der Waals surface area contributed by atoms with Crippen molar-refractivity contribution in [3.63, 3.8) is 0 Å². The van der Waals surface area contributed by atoms with Gasteiger partial charge in [0, 0.05) is 15.8 Å². The largest absolute Gasteiger partial charge is 0.398 e. The zero-order chi connectivity index (χ0) is 9.54. The Morgan fingerprint density at radius 1 is 1.14 bits per heavy atom. The summed E-state index contributed by atoms with van der Waals surface area (Å²) in [5, 5.41) is 2.06. The van der Waals surface area contributed by atoms with E-state index >= 15 is 0 Å². The molecule has 3 rings (SSSR count). The third-order valence-electron chi connectivity index (χ3n) is 2.80. The summed E-state index contributed by atoms with van der Waals surface area (Å²) in [6, 6.07) is 8.57. The van der Waals surface area contributed by atoms with Crippen LogP contribution in [0.3, 0.4) is 0 Å². The van der Waals surface area contributed by atoms with Crippen LogP contribution in [0.15, 0.2) is 29.6 Å². The lowest BCUT2D eigenvalue weighted by molar-refractivity contribution is 0.964. The molecule has 0 spiro atoms. The van der Waals surface area contributed by atoms with Crippen LogP contribution < -0.4 is 5.73 Å². The smallest absolute Gasteiger partial charge is 0.0505 e. The zero-order valence-electron chi connectivity index (χ0n) is 7.79. The summed E-state index contributed by atoms with van der Waals surface area (Å²) in [5.41, 5.74) is 11.0. The average molecular weight is 201 g/mol. The molecule has 70 valence electrons. The quantitative estimate of drug-likeness (QED) is 0.696. The molecule has 1 aromatic carbocycles. The molecular weight excluding hydrogens is 190 g/mol. The number of nitrogen functional groups attached to an aromatic ring is 1. The Labute approximate surface area is 87.2 Å². The van der Waals surface area contributed by atoms with Gasteiger partial charge in [0.1, 0.15) is 0 Å². The van der Waals surface area contributed by atoms with Gasteiger partial charge in [0.05, 0.1) is 5.69 Å². The van der Waals surface area contributed by atoms with Crippen molar-refractivity contribution in [3.8, 4) is 11.1 Å². The van der Waals surface area contributed by atoms with Gasteiger partial charge in [-0.25, -0.2) is 0 Å². The molecule has 1 aromatic heterocycles. The van der Waals surface area contributed by atoms with Gasteiger partial charge in [-0.15, -0.1) is 11.3 Å². The van der Waals surface area contributed by atoms with Gasteiger partial charge < -0.3 is 5.73 Å². The Bertz CT molecular complexity index is 485. The molecule has 2 N–H and O–H groups in total. The number of thiophene rings is 1. The Hall–Kier alpha value is -1.28. The molecule has 2 heteroatoms. The number of hydrogen-bond acceptors (Lipinski definition) is 2. The van der Waals surface area contributed by atoms with Crippen LogP contribution in [0.1, 0.15) is 10.4 Å². The molecule has 2 aromatic rings. The van der Waals surface area contributed by atoms with Crippen LogP contribution in [0.4, 0.5) is 5.69 Å². The Morgan fingerprint density at radius 3 is 2.93 bits per heavy atom. The molecule has 1 aliphatic carbocycles. The highest BCUT2D eigenvalue weighted by Crippen LogP contribution is 2.40. The van der Waals surface area contributed by atoms with Crippen LogP contribution in [0.5, 0.6) is 0 Å². The highest BCUT2D eigenvalue weighted by Gasteiger charge is 2.18. The maximum atomic E-state index is 5.99. The summed E-state index contributed by atoms with van der Waals surface area (Å²) < 4.78 is 0. The number of hydrogen-bond donors (Lipinski definition) is 1. The molecule has 0 unspecified atom stereocenters. The Kier molecular flexibility index (Phi) is 1.64. The molecule has 0 saturated carbocycles. The molecule has 0 atom stereocenters. The van der Waals surface area contributed by atoms with E-state index in [-0.39, 0.29) is 0 Å². The van der Waals surface area contributed by atoms with Gasteiger partial charge in [0.15, 0.2) is 0 Å². The molecule has 0 aliphatic heterocycles. The van der Waals surface area contributed by atoms with E-state index in [1.807, 2.05) is 0 Å². The van der Waals surface area contributed by atoms with Gasteiger partial charge in [-0.3, -0.25) is 0 Å². The van der Waals surface area contributed by atoms with Crippen LogP contribution in [-0.2, 0) is 12.8 Å². The number of benzene rings is 1. The van der Waals surface area contributed by atoms with E-state index < -0.39 is 0 Å². The van der Waals surface area contributed by atoms with Gasteiger partial charge in [-0.1, -0.05) is 24.3 Å². The summed E-state index contributed by atoms with van der Waals surface area (Å²) in [7, 11) is 0. The maximum absolute atomic E-state index is 5.99. The fraction of sp³-hybridized carbons (Fsp3) is 0.167. The van der Waals surface area contributed by atoms with Crippen molar-refractivity contribution in [3.05, 3.63) is 40.1 Å². The van der Waals surface area contributed by atoms with E-state index in [0.717, 1.165) is 18.5 Å². The van der Waals surface area contributed by atoms with Crippen molar-refractivity contribution in [2.24, 2.45) is 0 Å². The predicted octanol–water partition coefficient (Wildman–Crippen LogP) is 3.10. The first kappa shape index (κ1) is 8.06. The van der Waals surface area contributed by atoms with E-state index in [0.29, 0.717) is 0 Å². The fourth-order valence-corrected chi connectivity index (χ4v) is 3.09. The third-order valence-corrected chi connectivity index (χ3v) is 3.87. The van der Waals surface area contributed by atoms with Gasteiger partial charge in [0.2, 0.25) is 0 Å². The minimum atomic E-state index is 0.942. The molecule has 1 nitrogen and oxygen atoms in total. The number of fused-ring (bicyclic) bond motifs is 3. The lowest BCUT2D eigenvalue weighted by Crippen LogP contribution is -2.01. The molecule has 1 aliphatic rings. The summed E-state index contributed by atoms with van der Waals surface area (Å²) in [6.07, 6.45) is 2.30. The van der Waals surface area contributed by atoms with E-state index in [1.165, 1.54) is 21.6 Å². The Balaban J connectivity index is 2.32. The van der Waals surface area contributed by atoms with Gasteiger partial charge in [-0.2, -0.15) is 0 Å². The summed E-state index contributed by atoms with van der Waals surface area (Å²) in [6.45, 7) is 0. The van der Waals surface area contributed by atoms with Crippen molar-refractivity contribution < 1.29 is 0 Å². The third kappa shape index (κ3) is 1.01. The van der Waals surface area contributed by atoms with Crippen LogP contribution in [0, 0.1) is 0 Å². The SMILES string of the molecule is Nc1csc2c1-c1ccccc1CC2. The van der Waals surface area contributed by atoms with Crippen LogP contribution in [0.25, 0.3) is 11.1 Å². The molecule has 0 amide bonds. The van der Waals surface area contributed by atoms with Gasteiger partial charge >= 0.3 is 0 Å². The fourth-order valence-electron chi connectivity index (χ4n) is 2.13. The van der Waals surface area contributed by atoms with Crippen molar-refractivity contribution >= 4 is 17.0 Å². The maximum Gasteiger partial charge on any atom is 0.0505 e. The molecular formula is C12H11NS. The van der Waals surface area contributed by atoms with Crippen molar-refractivity contribution in [2.75, 3.05) is 5.73 Å². The average Bonchev–Trinajstić information content (AvgIpc) is 2.61. The summed E-state index contributed by atoms with van der Waals surface area (Å²) in [4.78, 5) is 1.45. The first-order chi connectivity index (χ1) is 6.86. The first-order valence-electron chi connectivity index (χ1n) is 4.80. The summed E-state index contributed by atoms with van der Waals surface area (Å²) >= 11 is 1.79. The monoisotopic (exact) mass is 201 g/mol. The predicted molar refractivity (Wildman–Crippen MR) is 61.6 cm³/mol. The minimum absolute atomic E-state index is 0.942. The molecule has 0 radical (unpaired) electrons. The van der Waals surface area contributed by atoms with Crippen LogP contribution >= 0.6 is 11.3 Å². The second-order valence-corrected chi connectivity index (χ2v) is 4.61. The molecule has 14 heavy (non-hydrogen) atoms. The zero-order valence-corrected chi connectivity index (χ0v) is 8.60. The second-order valence-electron chi connectivity index (χ2n) is 3.65. The van der Waals surface area contributed by atoms with Crippen molar-refractivity contribution in [1.82, 2.24) is 0 Å². The summed E-state index contributed by atoms with van der Waals surface area (Å²) in [5.74, 6) is 0. The first-order valence-corrected chi connectivity index (χ1v) is 5.68. The van der Waals surface area contributed by atoms with Crippen molar-refractivity contribution in [1.29, 1.82) is 0 Å². The van der Waals surface area contributed by atoms with Crippen LogP contribution in [0.2, 0.25) is 0 Å². The number of anilines is 1. The lowest BCUT2D eigenvalue weighted by atomic mass is 9.90. The molecule has 0 bridgehead atoms. The van der Waals surface area contributed by atoms with Crippen LogP contribution in [-0.4, -0.2) is 0 Å². The van der Waals surface area contributed by atoms with Gasteiger partial charge in [-0.05, 0) is 24.0 Å². The lowest BCUT2D eigenvalue weighted by Gasteiger charge is -2.16. The van der Waals surface area contributed by atoms with E-state index in [9.17, 15) is 0 Å². The van der Waals surface area contributed by atoms with Gasteiger partial charge in [0.25, 0.3) is 0 Å². The number of nitrogens with two attached hydrogens (primary N) is 1. The highest BCUT2D eigenvalue weighted by atomic mass is 32.1. The normalized spacial score (nSPS) is 13.4. The molecule has 0 saturated heterocycles. The topological polar surface area (TPSA) is 26.0 Å². The Morgan fingerprint density at radius 2 is 2.00 bits per heavy atom. The highest BCUT2D eigenvalue weighted by molar-refractivity contribution is 7.11. The molecule has 1 heterocycles. The molecule has 0 fully saturated rings. The number of aryl methyl sites for hydroxylation is 2. The second kappa shape index (κ2) is 2.85.